The standard InChI is InChI=1S/C10H16N4O/c15-10-8-6-12-4-2-9(8)13-14(10)7-1-3-11-5-7/h7,11-13H,1-6H2. The maximum atomic E-state index is 12.1. The summed E-state index contributed by atoms with van der Waals surface area (Å²) in [7, 11) is 0. The van der Waals surface area contributed by atoms with Gasteiger partial charge in [0.1, 0.15) is 0 Å². The van der Waals surface area contributed by atoms with Crippen molar-refractivity contribution < 1.29 is 0 Å². The molecule has 0 spiro atoms. The minimum Gasteiger partial charge on any atom is -0.315 e. The van der Waals surface area contributed by atoms with E-state index < -0.39 is 0 Å². The molecule has 3 rings (SSSR count). The first-order valence-electron chi connectivity index (χ1n) is 5.60. The molecule has 1 aromatic rings. The lowest BCUT2D eigenvalue weighted by molar-refractivity contribution is 0.473. The van der Waals surface area contributed by atoms with E-state index in [1.165, 1.54) is 0 Å². The fourth-order valence-corrected chi connectivity index (χ4v) is 2.47. The number of nitrogens with one attached hydrogen (secondary N) is 3. The van der Waals surface area contributed by atoms with Crippen molar-refractivity contribution in [2.75, 3.05) is 19.6 Å². The van der Waals surface area contributed by atoms with Gasteiger partial charge >= 0.3 is 0 Å². The van der Waals surface area contributed by atoms with Crippen LogP contribution in [-0.2, 0) is 13.0 Å². The average molecular weight is 208 g/mol. The van der Waals surface area contributed by atoms with Gasteiger partial charge in [-0.05, 0) is 13.0 Å². The van der Waals surface area contributed by atoms with Crippen LogP contribution in [0.15, 0.2) is 4.79 Å². The van der Waals surface area contributed by atoms with Gasteiger partial charge in [-0.1, -0.05) is 0 Å². The summed E-state index contributed by atoms with van der Waals surface area (Å²) in [6.45, 7) is 3.61. The van der Waals surface area contributed by atoms with E-state index in [2.05, 4.69) is 15.7 Å². The molecule has 0 bridgehead atoms. The average Bonchev–Trinajstić information content (AvgIpc) is 2.87. The van der Waals surface area contributed by atoms with Gasteiger partial charge in [0.2, 0.25) is 0 Å². The number of fused-ring (bicyclic) bond motifs is 1. The highest BCUT2D eigenvalue weighted by molar-refractivity contribution is 5.20. The third-order valence-corrected chi connectivity index (χ3v) is 3.35. The van der Waals surface area contributed by atoms with Crippen molar-refractivity contribution in [3.8, 4) is 0 Å². The molecule has 3 heterocycles. The van der Waals surface area contributed by atoms with E-state index in [0.717, 1.165) is 50.3 Å². The van der Waals surface area contributed by atoms with Crippen molar-refractivity contribution in [2.45, 2.75) is 25.4 Å². The van der Waals surface area contributed by atoms with Crippen LogP contribution in [0.5, 0.6) is 0 Å². The van der Waals surface area contributed by atoms with Crippen LogP contribution in [0.4, 0.5) is 0 Å². The number of hydrogen-bond donors (Lipinski definition) is 3. The normalized spacial score (nSPS) is 25.5. The van der Waals surface area contributed by atoms with Gasteiger partial charge in [0.05, 0.1) is 11.6 Å². The number of nitrogens with zero attached hydrogens (tertiary/aromatic N) is 1. The molecule has 5 heteroatoms. The lowest BCUT2D eigenvalue weighted by atomic mass is 10.1. The van der Waals surface area contributed by atoms with E-state index in [-0.39, 0.29) is 5.56 Å². The summed E-state index contributed by atoms with van der Waals surface area (Å²) in [5, 5.41) is 9.79. The molecule has 3 N–H and O–H groups in total. The van der Waals surface area contributed by atoms with Crippen molar-refractivity contribution in [3.63, 3.8) is 0 Å². The first-order valence-corrected chi connectivity index (χ1v) is 5.60. The summed E-state index contributed by atoms with van der Waals surface area (Å²) in [4.78, 5) is 12.1. The van der Waals surface area contributed by atoms with E-state index in [4.69, 9.17) is 0 Å². The molecule has 1 unspecified atom stereocenters. The quantitative estimate of drug-likeness (QED) is 0.575. The molecule has 0 aliphatic carbocycles. The van der Waals surface area contributed by atoms with Crippen LogP contribution < -0.4 is 16.2 Å². The summed E-state index contributed by atoms with van der Waals surface area (Å²) in [5.41, 5.74) is 2.24. The van der Waals surface area contributed by atoms with Crippen LogP contribution in [0, 0.1) is 0 Å². The summed E-state index contributed by atoms with van der Waals surface area (Å²) < 4.78 is 1.82. The SMILES string of the molecule is O=c1c2c([nH]n1C1CCNC1)CCNC2. The van der Waals surface area contributed by atoms with E-state index in [1.807, 2.05) is 4.68 Å². The second kappa shape index (κ2) is 3.50. The summed E-state index contributed by atoms with van der Waals surface area (Å²) in [5.74, 6) is 0. The first-order chi connectivity index (χ1) is 7.36. The molecule has 0 aromatic carbocycles. The molecule has 15 heavy (non-hydrogen) atoms. The summed E-state index contributed by atoms with van der Waals surface area (Å²) in [6.07, 6.45) is 1.99. The molecule has 0 radical (unpaired) electrons. The Morgan fingerprint density at radius 1 is 1.27 bits per heavy atom. The fourth-order valence-electron chi connectivity index (χ4n) is 2.47. The Labute approximate surface area is 87.8 Å². The van der Waals surface area contributed by atoms with Crippen LogP contribution in [0.25, 0.3) is 0 Å². The minimum atomic E-state index is 0.172. The van der Waals surface area contributed by atoms with E-state index in [1.54, 1.807) is 0 Å². The Kier molecular flexibility index (Phi) is 2.14. The van der Waals surface area contributed by atoms with Crippen molar-refractivity contribution in [1.29, 1.82) is 0 Å². The zero-order valence-corrected chi connectivity index (χ0v) is 8.68. The van der Waals surface area contributed by atoms with Gasteiger partial charge in [-0.2, -0.15) is 0 Å². The maximum absolute atomic E-state index is 12.1. The van der Waals surface area contributed by atoms with Crippen LogP contribution in [0.3, 0.4) is 0 Å². The molecule has 82 valence electrons. The van der Waals surface area contributed by atoms with Crippen molar-refractivity contribution in [1.82, 2.24) is 20.4 Å². The zero-order valence-electron chi connectivity index (χ0n) is 8.68. The molecule has 2 aliphatic rings. The number of H-pyrrole nitrogens is 1. The van der Waals surface area contributed by atoms with Gasteiger partial charge < -0.3 is 10.6 Å². The molecular formula is C10H16N4O. The number of aromatic amines is 1. The van der Waals surface area contributed by atoms with Crippen molar-refractivity contribution in [2.24, 2.45) is 0 Å². The van der Waals surface area contributed by atoms with E-state index in [9.17, 15) is 4.79 Å². The molecule has 5 nitrogen and oxygen atoms in total. The predicted octanol–water partition coefficient (Wildman–Crippen LogP) is -0.643. The molecule has 1 atom stereocenters. The zero-order chi connectivity index (χ0) is 10.3. The van der Waals surface area contributed by atoms with Gasteiger partial charge in [-0.25, -0.2) is 4.68 Å². The Morgan fingerprint density at radius 2 is 2.20 bits per heavy atom. The third kappa shape index (κ3) is 1.42. The minimum absolute atomic E-state index is 0.172. The monoisotopic (exact) mass is 208 g/mol. The van der Waals surface area contributed by atoms with Gasteiger partial charge in [0.25, 0.3) is 5.56 Å². The number of hydrogen-bond acceptors (Lipinski definition) is 3. The molecule has 1 saturated heterocycles. The van der Waals surface area contributed by atoms with E-state index in [0.29, 0.717) is 6.04 Å². The first kappa shape index (κ1) is 9.18. The van der Waals surface area contributed by atoms with Crippen LogP contribution in [-0.4, -0.2) is 29.4 Å². The second-order valence-electron chi connectivity index (χ2n) is 4.32. The smallest absolute Gasteiger partial charge is 0.271 e. The second-order valence-corrected chi connectivity index (χ2v) is 4.32. The van der Waals surface area contributed by atoms with Crippen molar-refractivity contribution in [3.05, 3.63) is 21.6 Å². The summed E-state index contributed by atoms with van der Waals surface area (Å²) >= 11 is 0. The highest BCUT2D eigenvalue weighted by Gasteiger charge is 2.23. The van der Waals surface area contributed by atoms with Crippen molar-refractivity contribution >= 4 is 0 Å². The molecule has 1 aromatic heterocycles. The fraction of sp³-hybridized carbons (Fsp3) is 0.700. The highest BCUT2D eigenvalue weighted by Crippen LogP contribution is 2.14. The number of aromatic nitrogens is 2. The largest absolute Gasteiger partial charge is 0.315 e. The van der Waals surface area contributed by atoms with E-state index >= 15 is 0 Å². The van der Waals surface area contributed by atoms with Gasteiger partial charge in [-0.3, -0.25) is 9.89 Å². The highest BCUT2D eigenvalue weighted by atomic mass is 16.1. The molecular weight excluding hydrogens is 192 g/mol. The molecule has 1 fully saturated rings. The lowest BCUT2D eigenvalue weighted by Gasteiger charge is -2.10. The topological polar surface area (TPSA) is 61.9 Å². The number of rotatable bonds is 1. The van der Waals surface area contributed by atoms with Gasteiger partial charge in [0.15, 0.2) is 0 Å². The molecule has 2 aliphatic heterocycles. The molecule has 0 amide bonds. The Morgan fingerprint density at radius 3 is 2.93 bits per heavy atom. The summed E-state index contributed by atoms with van der Waals surface area (Å²) in [6, 6.07) is 0.322. The third-order valence-electron chi connectivity index (χ3n) is 3.35. The Balaban J connectivity index is 2.01. The Bertz CT molecular complexity index is 414. The van der Waals surface area contributed by atoms with Crippen LogP contribution >= 0.6 is 0 Å². The van der Waals surface area contributed by atoms with Gasteiger partial charge in [-0.15, -0.1) is 0 Å². The van der Waals surface area contributed by atoms with Gasteiger partial charge in [0, 0.05) is 31.7 Å². The Hall–Kier alpha value is -1.07. The van der Waals surface area contributed by atoms with Crippen LogP contribution in [0.1, 0.15) is 23.7 Å². The maximum Gasteiger partial charge on any atom is 0.271 e. The predicted molar refractivity (Wildman–Crippen MR) is 57.0 cm³/mol. The molecule has 0 saturated carbocycles. The lowest BCUT2D eigenvalue weighted by Crippen LogP contribution is -2.29. The van der Waals surface area contributed by atoms with Crippen LogP contribution in [0.2, 0.25) is 0 Å².